The van der Waals surface area contributed by atoms with E-state index in [-0.39, 0.29) is 12.0 Å². The normalized spacial score (nSPS) is 19.2. The maximum absolute atomic E-state index is 13.3. The van der Waals surface area contributed by atoms with Gasteiger partial charge in [-0.25, -0.2) is 9.98 Å². The number of ether oxygens (including phenoxy) is 2. The maximum atomic E-state index is 13.3. The van der Waals surface area contributed by atoms with E-state index in [9.17, 15) is 4.79 Å². The predicted octanol–water partition coefficient (Wildman–Crippen LogP) is 3.95. The van der Waals surface area contributed by atoms with Gasteiger partial charge in [0.25, 0.3) is 5.91 Å². The Bertz CT molecular complexity index is 1200. The third-order valence-electron chi connectivity index (χ3n) is 7.55. The van der Waals surface area contributed by atoms with Crippen LogP contribution in [0.25, 0.3) is 0 Å². The topological polar surface area (TPSA) is 105 Å². The Morgan fingerprint density at radius 3 is 2.59 bits per heavy atom. The number of aryl methyl sites for hydroxylation is 1. The number of likely N-dealkylation sites (tertiary alicyclic amines) is 1. The lowest BCUT2D eigenvalue weighted by Crippen LogP contribution is -2.37. The lowest BCUT2D eigenvalue weighted by atomic mass is 10.1. The highest BCUT2D eigenvalue weighted by Crippen LogP contribution is 2.29. The molecule has 2 aromatic carbocycles. The van der Waals surface area contributed by atoms with Crippen LogP contribution < -0.4 is 20.7 Å². The molecule has 3 saturated heterocycles. The first kappa shape index (κ1) is 27.1. The van der Waals surface area contributed by atoms with Gasteiger partial charge >= 0.3 is 0 Å². The Hall–Kier alpha value is -3.43. The van der Waals surface area contributed by atoms with Gasteiger partial charge in [0.15, 0.2) is 0 Å². The maximum Gasteiger partial charge on any atom is 0.254 e. The highest BCUT2D eigenvalue weighted by Gasteiger charge is 2.21. The number of anilines is 2. The number of morpholine rings is 1. The lowest BCUT2D eigenvalue weighted by Gasteiger charge is -2.30. The van der Waals surface area contributed by atoms with Gasteiger partial charge in [0.2, 0.25) is 0 Å². The summed E-state index contributed by atoms with van der Waals surface area (Å²) in [6.07, 6.45) is 8.63. The highest BCUT2D eigenvalue weighted by molar-refractivity contribution is 5.97. The van der Waals surface area contributed by atoms with Crippen LogP contribution >= 0.6 is 0 Å². The Morgan fingerprint density at radius 2 is 1.82 bits per heavy atom. The minimum absolute atomic E-state index is 0.0681. The summed E-state index contributed by atoms with van der Waals surface area (Å²) in [5, 5.41) is 3.36. The molecule has 0 bridgehead atoms. The number of nitrogens with zero attached hydrogens (tertiary/aromatic N) is 4. The number of amides is 1. The van der Waals surface area contributed by atoms with Crippen LogP contribution in [0.5, 0.6) is 5.75 Å². The Kier molecular flexibility index (Phi) is 9.11. The number of aliphatic imine (C=N–C) groups is 2. The second kappa shape index (κ2) is 13.1. The van der Waals surface area contributed by atoms with E-state index in [4.69, 9.17) is 15.2 Å². The van der Waals surface area contributed by atoms with Crippen LogP contribution in [-0.4, -0.2) is 81.9 Å². The van der Waals surface area contributed by atoms with Gasteiger partial charge < -0.3 is 30.3 Å². The van der Waals surface area contributed by atoms with Crippen molar-refractivity contribution in [2.24, 2.45) is 9.98 Å². The standard InChI is InChI=1S/C30H40N6O3/c1-22-15-24(29(31)28(16-22)39-27-5-7-32-8-6-27)20-33-21-34-25-17-23(30(37)36-9-3-2-4-10-36)18-26(19-25)35-11-13-38-14-12-35/h15-21,27,32H,2-14,31H2,1H3. The van der Waals surface area contributed by atoms with Crippen LogP contribution in [0, 0.1) is 6.92 Å². The average molecular weight is 533 g/mol. The van der Waals surface area contributed by atoms with Crippen LogP contribution in [0.2, 0.25) is 0 Å². The van der Waals surface area contributed by atoms with Crippen molar-refractivity contribution in [3.05, 3.63) is 47.0 Å². The number of nitrogens with one attached hydrogen (secondary N) is 1. The highest BCUT2D eigenvalue weighted by atomic mass is 16.5. The fraction of sp³-hybridized carbons (Fsp3) is 0.500. The number of nitrogens with two attached hydrogens (primary N) is 1. The van der Waals surface area contributed by atoms with Crippen molar-refractivity contribution in [2.75, 3.05) is 63.1 Å². The third kappa shape index (κ3) is 7.16. The van der Waals surface area contributed by atoms with Gasteiger partial charge in [0.05, 0.1) is 24.6 Å². The van der Waals surface area contributed by atoms with Gasteiger partial charge in [0, 0.05) is 49.2 Å². The molecule has 9 heteroatoms. The molecule has 208 valence electrons. The fourth-order valence-electron chi connectivity index (χ4n) is 5.38. The van der Waals surface area contributed by atoms with E-state index in [0.717, 1.165) is 81.8 Å². The van der Waals surface area contributed by atoms with E-state index in [1.165, 1.54) is 12.8 Å². The van der Waals surface area contributed by atoms with Gasteiger partial charge in [-0.1, -0.05) is 0 Å². The summed E-state index contributed by atoms with van der Waals surface area (Å²) < 4.78 is 11.8. The predicted molar refractivity (Wildman–Crippen MR) is 157 cm³/mol. The zero-order valence-electron chi connectivity index (χ0n) is 22.9. The van der Waals surface area contributed by atoms with Gasteiger partial charge in [-0.3, -0.25) is 4.79 Å². The molecule has 39 heavy (non-hydrogen) atoms. The third-order valence-corrected chi connectivity index (χ3v) is 7.55. The van der Waals surface area contributed by atoms with Gasteiger partial charge in [0.1, 0.15) is 18.2 Å². The van der Waals surface area contributed by atoms with Crippen molar-refractivity contribution in [1.82, 2.24) is 10.2 Å². The van der Waals surface area contributed by atoms with Crippen LogP contribution in [0.4, 0.5) is 17.1 Å². The quantitative estimate of drug-likeness (QED) is 0.318. The number of hydrogen-bond acceptors (Lipinski definition) is 7. The van der Waals surface area contributed by atoms with E-state index in [0.29, 0.717) is 35.9 Å². The van der Waals surface area contributed by atoms with Crippen molar-refractivity contribution < 1.29 is 14.3 Å². The van der Waals surface area contributed by atoms with E-state index < -0.39 is 0 Å². The molecule has 0 radical (unpaired) electrons. The number of carbonyl (C=O) groups excluding carboxylic acids is 1. The fourth-order valence-corrected chi connectivity index (χ4v) is 5.38. The molecule has 0 aliphatic carbocycles. The Labute approximate surface area is 231 Å². The van der Waals surface area contributed by atoms with E-state index in [2.05, 4.69) is 20.2 Å². The van der Waals surface area contributed by atoms with Crippen LogP contribution in [0.3, 0.4) is 0 Å². The summed E-state index contributed by atoms with van der Waals surface area (Å²) in [5.74, 6) is 0.776. The summed E-state index contributed by atoms with van der Waals surface area (Å²) in [5.41, 5.74) is 11.2. The molecule has 9 nitrogen and oxygen atoms in total. The van der Waals surface area contributed by atoms with E-state index >= 15 is 0 Å². The Balaban J connectivity index is 1.34. The van der Waals surface area contributed by atoms with Crippen LogP contribution in [-0.2, 0) is 4.74 Å². The van der Waals surface area contributed by atoms with Crippen molar-refractivity contribution in [2.45, 2.75) is 45.1 Å². The summed E-state index contributed by atoms with van der Waals surface area (Å²) in [6.45, 7) is 8.49. The SMILES string of the molecule is Cc1cc(C=NC=Nc2cc(C(=O)N3CCCCC3)cc(N3CCOCC3)c2)c(N)c(OC2CCNCC2)c1. The number of carbonyl (C=O) groups is 1. The molecule has 3 aliphatic rings. The number of hydrogen-bond donors (Lipinski definition) is 2. The van der Waals surface area contributed by atoms with Gasteiger partial charge in [-0.05, 0) is 88.0 Å². The zero-order chi connectivity index (χ0) is 27.0. The van der Waals surface area contributed by atoms with Crippen molar-refractivity contribution in [3.63, 3.8) is 0 Å². The second-order valence-electron chi connectivity index (χ2n) is 10.5. The first-order valence-corrected chi connectivity index (χ1v) is 14.2. The molecule has 3 fully saturated rings. The van der Waals surface area contributed by atoms with E-state index in [1.807, 2.05) is 42.2 Å². The number of piperidine rings is 2. The van der Waals surface area contributed by atoms with Gasteiger partial charge in [-0.15, -0.1) is 0 Å². The molecule has 0 atom stereocenters. The molecule has 0 unspecified atom stereocenters. The second-order valence-corrected chi connectivity index (χ2v) is 10.5. The number of rotatable bonds is 7. The van der Waals surface area contributed by atoms with Crippen molar-refractivity contribution >= 4 is 35.5 Å². The molecule has 5 rings (SSSR count). The number of nitrogen functional groups attached to an aromatic ring is 1. The summed E-state index contributed by atoms with van der Waals surface area (Å²) in [6, 6.07) is 9.84. The molecule has 3 heterocycles. The van der Waals surface area contributed by atoms with Crippen molar-refractivity contribution in [1.29, 1.82) is 0 Å². The minimum Gasteiger partial charge on any atom is -0.488 e. The molecule has 3 N–H and O–H groups in total. The van der Waals surface area contributed by atoms with Crippen LogP contribution in [0.1, 0.15) is 53.6 Å². The molecule has 0 aromatic heterocycles. The summed E-state index contributed by atoms with van der Waals surface area (Å²) in [7, 11) is 0. The lowest BCUT2D eigenvalue weighted by molar-refractivity contribution is 0.0724. The smallest absolute Gasteiger partial charge is 0.254 e. The largest absolute Gasteiger partial charge is 0.488 e. The monoisotopic (exact) mass is 532 g/mol. The van der Waals surface area contributed by atoms with Gasteiger partial charge in [-0.2, -0.15) is 0 Å². The molecular formula is C30H40N6O3. The average Bonchev–Trinajstić information content (AvgIpc) is 2.98. The Morgan fingerprint density at radius 1 is 1.05 bits per heavy atom. The number of benzene rings is 2. The van der Waals surface area contributed by atoms with Crippen molar-refractivity contribution in [3.8, 4) is 5.75 Å². The first-order valence-electron chi connectivity index (χ1n) is 14.2. The van der Waals surface area contributed by atoms with E-state index in [1.54, 1.807) is 6.21 Å². The zero-order valence-corrected chi connectivity index (χ0v) is 22.9. The minimum atomic E-state index is 0.0681. The molecule has 2 aromatic rings. The summed E-state index contributed by atoms with van der Waals surface area (Å²) in [4.78, 5) is 26.6. The first-order chi connectivity index (χ1) is 19.1. The molecule has 0 saturated carbocycles. The summed E-state index contributed by atoms with van der Waals surface area (Å²) >= 11 is 0. The molecule has 3 aliphatic heterocycles. The molecule has 1 amide bonds. The van der Waals surface area contributed by atoms with Crippen LogP contribution in [0.15, 0.2) is 40.3 Å². The molecular weight excluding hydrogens is 492 g/mol. The molecule has 0 spiro atoms.